The van der Waals surface area contributed by atoms with Crippen LogP contribution in [0.5, 0.6) is 5.75 Å². The number of imidazole rings is 1. The van der Waals surface area contributed by atoms with Gasteiger partial charge in [-0.3, -0.25) is 4.79 Å². The SMILES string of the molecule is Cc1ccc(OCCCCn2c(CCNC(=O)c3ccc(C)cc3C)nc3ccccc32)c(C)c1. The summed E-state index contributed by atoms with van der Waals surface area (Å²) >= 11 is 0. The average Bonchev–Trinajstić information content (AvgIpc) is 3.17. The van der Waals surface area contributed by atoms with Crippen molar-refractivity contribution in [3.05, 3.63) is 94.3 Å². The van der Waals surface area contributed by atoms with Gasteiger partial charge in [0.25, 0.3) is 5.91 Å². The highest BCUT2D eigenvalue weighted by Gasteiger charge is 2.12. The molecule has 5 nitrogen and oxygen atoms in total. The van der Waals surface area contributed by atoms with Crippen LogP contribution in [0.15, 0.2) is 60.7 Å². The molecule has 0 spiro atoms. The van der Waals surface area contributed by atoms with E-state index in [9.17, 15) is 4.79 Å². The maximum absolute atomic E-state index is 12.7. The molecule has 1 N–H and O–H groups in total. The van der Waals surface area contributed by atoms with Gasteiger partial charge in [-0.25, -0.2) is 4.98 Å². The van der Waals surface area contributed by atoms with Crippen LogP contribution in [0.1, 0.15) is 51.3 Å². The number of ether oxygens (including phenoxy) is 1. The number of para-hydroxylation sites is 2. The van der Waals surface area contributed by atoms with Gasteiger partial charge in [-0.15, -0.1) is 0 Å². The van der Waals surface area contributed by atoms with E-state index in [1.54, 1.807) is 0 Å². The quantitative estimate of drug-likeness (QED) is 0.286. The molecule has 0 fully saturated rings. The van der Waals surface area contributed by atoms with Crippen molar-refractivity contribution >= 4 is 16.9 Å². The molecule has 0 aliphatic rings. The van der Waals surface area contributed by atoms with E-state index in [1.807, 2.05) is 44.2 Å². The number of hydrogen-bond donors (Lipinski definition) is 1. The zero-order valence-corrected chi connectivity index (χ0v) is 21.2. The molecule has 1 amide bonds. The van der Waals surface area contributed by atoms with Gasteiger partial charge in [0.1, 0.15) is 11.6 Å². The zero-order chi connectivity index (χ0) is 24.8. The molecule has 4 rings (SSSR count). The third kappa shape index (κ3) is 6.10. The number of unbranched alkanes of at least 4 members (excludes halogenated alkanes) is 1. The van der Waals surface area contributed by atoms with Crippen LogP contribution < -0.4 is 10.1 Å². The van der Waals surface area contributed by atoms with Crippen molar-refractivity contribution < 1.29 is 9.53 Å². The van der Waals surface area contributed by atoms with Gasteiger partial charge in [-0.2, -0.15) is 0 Å². The fourth-order valence-corrected chi connectivity index (χ4v) is 4.53. The molecule has 5 heteroatoms. The molecule has 1 aromatic heterocycles. The Labute approximate surface area is 208 Å². The fourth-order valence-electron chi connectivity index (χ4n) is 4.53. The van der Waals surface area contributed by atoms with Crippen molar-refractivity contribution in [1.29, 1.82) is 0 Å². The molecular formula is C30H35N3O2. The van der Waals surface area contributed by atoms with E-state index >= 15 is 0 Å². The summed E-state index contributed by atoms with van der Waals surface area (Å²) in [6.45, 7) is 10.3. The maximum atomic E-state index is 12.7. The minimum absolute atomic E-state index is 0.0336. The lowest BCUT2D eigenvalue weighted by Gasteiger charge is -2.12. The zero-order valence-electron chi connectivity index (χ0n) is 21.2. The number of aryl methyl sites for hydroxylation is 5. The summed E-state index contributed by atoms with van der Waals surface area (Å²) in [7, 11) is 0. The Morgan fingerprint density at radius 2 is 1.66 bits per heavy atom. The summed E-state index contributed by atoms with van der Waals surface area (Å²) in [5, 5.41) is 3.07. The highest BCUT2D eigenvalue weighted by Crippen LogP contribution is 2.20. The van der Waals surface area contributed by atoms with Gasteiger partial charge in [0.15, 0.2) is 0 Å². The lowest BCUT2D eigenvalue weighted by Crippen LogP contribution is -2.27. The van der Waals surface area contributed by atoms with Crippen LogP contribution in [-0.2, 0) is 13.0 Å². The third-order valence-electron chi connectivity index (χ3n) is 6.36. The first-order valence-corrected chi connectivity index (χ1v) is 12.4. The number of benzene rings is 3. The Bertz CT molecular complexity index is 1320. The summed E-state index contributed by atoms with van der Waals surface area (Å²) in [5.41, 5.74) is 7.45. The number of fused-ring (bicyclic) bond motifs is 1. The molecule has 0 atom stereocenters. The molecule has 0 saturated carbocycles. The standard InChI is InChI=1S/C30H35N3O2/c1-21-11-13-25(23(3)19-21)30(34)31-16-15-29-32-26-9-5-6-10-27(26)33(29)17-7-8-18-35-28-14-12-22(2)20-24(28)4/h5-6,9-14,19-20H,7-8,15-18H2,1-4H3,(H,31,34). The summed E-state index contributed by atoms with van der Waals surface area (Å²) in [6.07, 6.45) is 2.64. The van der Waals surface area contributed by atoms with Gasteiger partial charge in [0, 0.05) is 25.1 Å². The van der Waals surface area contributed by atoms with Crippen LogP contribution in [-0.4, -0.2) is 28.6 Å². The second-order valence-electron chi connectivity index (χ2n) is 9.32. The second-order valence-corrected chi connectivity index (χ2v) is 9.32. The number of amides is 1. The van der Waals surface area contributed by atoms with Crippen molar-refractivity contribution in [1.82, 2.24) is 14.9 Å². The van der Waals surface area contributed by atoms with E-state index in [4.69, 9.17) is 9.72 Å². The minimum atomic E-state index is -0.0336. The molecule has 0 radical (unpaired) electrons. The number of carbonyl (C=O) groups is 1. The predicted octanol–water partition coefficient (Wildman–Crippen LogP) is 6.10. The first-order chi connectivity index (χ1) is 16.9. The highest BCUT2D eigenvalue weighted by atomic mass is 16.5. The molecule has 0 aliphatic heterocycles. The Hall–Kier alpha value is -3.60. The molecule has 0 aliphatic carbocycles. The first kappa shape index (κ1) is 24.5. The van der Waals surface area contributed by atoms with Gasteiger partial charge < -0.3 is 14.6 Å². The van der Waals surface area contributed by atoms with Gasteiger partial charge in [0.05, 0.1) is 17.6 Å². The molecule has 182 valence electrons. The molecule has 0 unspecified atom stereocenters. The Kier molecular flexibility index (Phi) is 7.86. The van der Waals surface area contributed by atoms with Crippen molar-refractivity contribution in [2.75, 3.05) is 13.2 Å². The number of hydrogen-bond acceptors (Lipinski definition) is 3. The van der Waals surface area contributed by atoms with Crippen LogP contribution in [0.3, 0.4) is 0 Å². The predicted molar refractivity (Wildman–Crippen MR) is 142 cm³/mol. The van der Waals surface area contributed by atoms with Crippen LogP contribution in [0, 0.1) is 27.7 Å². The van der Waals surface area contributed by atoms with Crippen molar-refractivity contribution in [2.24, 2.45) is 0 Å². The second kappa shape index (κ2) is 11.2. The molecule has 0 bridgehead atoms. The molecule has 4 aromatic rings. The lowest BCUT2D eigenvalue weighted by atomic mass is 10.1. The van der Waals surface area contributed by atoms with Crippen molar-refractivity contribution in [3.8, 4) is 5.75 Å². The topological polar surface area (TPSA) is 56.1 Å². The molecule has 1 heterocycles. The maximum Gasteiger partial charge on any atom is 0.251 e. The van der Waals surface area contributed by atoms with E-state index in [0.29, 0.717) is 19.6 Å². The molecule has 0 saturated heterocycles. The number of nitrogens with one attached hydrogen (secondary N) is 1. The van der Waals surface area contributed by atoms with E-state index in [0.717, 1.165) is 58.7 Å². The van der Waals surface area contributed by atoms with Crippen LogP contribution in [0.25, 0.3) is 11.0 Å². The molecular weight excluding hydrogens is 434 g/mol. The monoisotopic (exact) mass is 469 g/mol. The average molecular weight is 470 g/mol. The van der Waals surface area contributed by atoms with Gasteiger partial charge in [-0.1, -0.05) is 47.5 Å². The number of aromatic nitrogens is 2. The first-order valence-electron chi connectivity index (χ1n) is 12.4. The van der Waals surface area contributed by atoms with E-state index < -0.39 is 0 Å². The minimum Gasteiger partial charge on any atom is -0.493 e. The Morgan fingerprint density at radius 3 is 2.43 bits per heavy atom. The van der Waals surface area contributed by atoms with Gasteiger partial charge in [-0.05, 0) is 75.9 Å². The van der Waals surface area contributed by atoms with Crippen molar-refractivity contribution in [2.45, 2.75) is 53.5 Å². The Balaban J connectivity index is 1.34. The largest absolute Gasteiger partial charge is 0.493 e. The normalized spacial score (nSPS) is 11.1. The molecule has 35 heavy (non-hydrogen) atoms. The van der Waals surface area contributed by atoms with Gasteiger partial charge >= 0.3 is 0 Å². The summed E-state index contributed by atoms with van der Waals surface area (Å²) in [4.78, 5) is 17.5. The summed E-state index contributed by atoms with van der Waals surface area (Å²) < 4.78 is 8.29. The van der Waals surface area contributed by atoms with Crippen molar-refractivity contribution in [3.63, 3.8) is 0 Å². The Morgan fingerprint density at radius 1 is 0.914 bits per heavy atom. The number of carbonyl (C=O) groups excluding carboxylic acids is 1. The van der Waals surface area contributed by atoms with Crippen LogP contribution in [0.2, 0.25) is 0 Å². The summed E-state index contributed by atoms with van der Waals surface area (Å²) in [6, 6.07) is 20.4. The van der Waals surface area contributed by atoms with E-state index in [1.165, 1.54) is 11.1 Å². The lowest BCUT2D eigenvalue weighted by molar-refractivity contribution is 0.0953. The smallest absolute Gasteiger partial charge is 0.251 e. The fraction of sp³-hybridized carbons (Fsp3) is 0.333. The van der Waals surface area contributed by atoms with E-state index in [2.05, 4.69) is 54.1 Å². The molecule has 3 aromatic carbocycles. The summed E-state index contributed by atoms with van der Waals surface area (Å²) in [5.74, 6) is 1.93. The third-order valence-corrected chi connectivity index (χ3v) is 6.36. The van der Waals surface area contributed by atoms with Crippen LogP contribution in [0.4, 0.5) is 0 Å². The number of rotatable bonds is 10. The van der Waals surface area contributed by atoms with Crippen LogP contribution >= 0.6 is 0 Å². The van der Waals surface area contributed by atoms with Gasteiger partial charge in [0.2, 0.25) is 0 Å². The number of nitrogens with zero attached hydrogens (tertiary/aromatic N) is 2. The van der Waals surface area contributed by atoms with E-state index in [-0.39, 0.29) is 5.91 Å². The highest BCUT2D eigenvalue weighted by molar-refractivity contribution is 5.95.